The average molecular weight is 339 g/mol. The number of ether oxygens (including phenoxy) is 2. The molecule has 0 atom stereocenters. The zero-order valence-corrected chi connectivity index (χ0v) is 13.7. The summed E-state index contributed by atoms with van der Waals surface area (Å²) in [7, 11) is 3.04. The molecular weight excluding hydrogens is 322 g/mol. The molecule has 0 aliphatic heterocycles. The summed E-state index contributed by atoms with van der Waals surface area (Å²) in [6.07, 6.45) is 1.35. The monoisotopic (exact) mass is 339 g/mol. The van der Waals surface area contributed by atoms with E-state index in [1.807, 2.05) is 18.2 Å². The van der Waals surface area contributed by atoms with E-state index in [1.165, 1.54) is 13.3 Å². The van der Waals surface area contributed by atoms with E-state index in [4.69, 9.17) is 9.47 Å². The molecule has 7 heteroatoms. The molecule has 0 fully saturated rings. The topological polar surface area (TPSA) is 95.9 Å². The summed E-state index contributed by atoms with van der Waals surface area (Å²) in [5.41, 5.74) is 3.99. The summed E-state index contributed by atoms with van der Waals surface area (Å²) in [6, 6.07) is 12.2. The minimum absolute atomic E-state index is 0.0432. The number of H-pyrrole nitrogens is 1. The van der Waals surface area contributed by atoms with E-state index in [2.05, 4.69) is 15.5 Å². The SMILES string of the molecule is COc1cccc(/C=N\NC(=O)c2cc3c(OC)cccc3[nH]2)c1O. The van der Waals surface area contributed by atoms with Crippen LogP contribution in [0.1, 0.15) is 16.1 Å². The van der Waals surface area contributed by atoms with E-state index in [0.717, 1.165) is 10.9 Å². The molecule has 25 heavy (non-hydrogen) atoms. The van der Waals surface area contributed by atoms with Gasteiger partial charge in [0.1, 0.15) is 11.4 Å². The van der Waals surface area contributed by atoms with E-state index in [-0.39, 0.29) is 5.75 Å². The highest BCUT2D eigenvalue weighted by molar-refractivity contribution is 6.00. The maximum Gasteiger partial charge on any atom is 0.287 e. The molecule has 128 valence electrons. The number of benzene rings is 2. The fraction of sp³-hybridized carbons (Fsp3) is 0.111. The highest BCUT2D eigenvalue weighted by atomic mass is 16.5. The van der Waals surface area contributed by atoms with Crippen LogP contribution in [0.2, 0.25) is 0 Å². The highest BCUT2D eigenvalue weighted by Crippen LogP contribution is 2.28. The minimum atomic E-state index is -0.406. The molecule has 3 rings (SSSR count). The number of carbonyl (C=O) groups excluding carboxylic acids is 1. The molecule has 0 aliphatic rings. The molecule has 1 aromatic heterocycles. The van der Waals surface area contributed by atoms with Gasteiger partial charge in [0.2, 0.25) is 0 Å². The van der Waals surface area contributed by atoms with Crippen molar-refractivity contribution in [2.24, 2.45) is 5.10 Å². The van der Waals surface area contributed by atoms with Crippen LogP contribution in [0.4, 0.5) is 0 Å². The normalized spacial score (nSPS) is 11.0. The van der Waals surface area contributed by atoms with Gasteiger partial charge in [0.25, 0.3) is 5.91 Å². The molecule has 0 bridgehead atoms. The number of hydrogen-bond acceptors (Lipinski definition) is 5. The zero-order valence-electron chi connectivity index (χ0n) is 13.7. The summed E-state index contributed by atoms with van der Waals surface area (Å²) in [5.74, 6) is 0.561. The molecule has 0 spiro atoms. The van der Waals surface area contributed by atoms with Crippen LogP contribution in [0.3, 0.4) is 0 Å². The number of hydrogen-bond donors (Lipinski definition) is 3. The number of aromatic amines is 1. The van der Waals surface area contributed by atoms with E-state index in [1.54, 1.807) is 31.4 Å². The molecule has 3 N–H and O–H groups in total. The van der Waals surface area contributed by atoms with Crippen LogP contribution in [0, 0.1) is 0 Å². The van der Waals surface area contributed by atoms with Gasteiger partial charge in [-0.15, -0.1) is 0 Å². The first-order valence-corrected chi connectivity index (χ1v) is 7.49. The van der Waals surface area contributed by atoms with Gasteiger partial charge in [0.15, 0.2) is 11.5 Å². The molecule has 3 aromatic rings. The predicted octanol–water partition coefficient (Wildman–Crippen LogP) is 2.65. The Hall–Kier alpha value is -3.48. The van der Waals surface area contributed by atoms with Crippen LogP contribution in [0.5, 0.6) is 17.2 Å². The Morgan fingerprint density at radius 3 is 2.64 bits per heavy atom. The van der Waals surface area contributed by atoms with Crippen molar-refractivity contribution < 1.29 is 19.4 Å². The molecule has 0 saturated heterocycles. The van der Waals surface area contributed by atoms with Crippen molar-refractivity contribution in [3.05, 3.63) is 53.7 Å². The lowest BCUT2D eigenvalue weighted by Gasteiger charge is -2.04. The van der Waals surface area contributed by atoms with Crippen molar-refractivity contribution in [2.45, 2.75) is 0 Å². The standard InChI is InChI=1S/C18H17N3O4/c1-24-15-7-4-6-13-12(15)9-14(20-13)18(23)21-19-10-11-5-3-8-16(25-2)17(11)22/h3-10,20,22H,1-2H3,(H,21,23)/b19-10-. The van der Waals surface area contributed by atoms with E-state index >= 15 is 0 Å². The molecule has 0 saturated carbocycles. The molecule has 2 aromatic carbocycles. The molecule has 0 unspecified atom stereocenters. The van der Waals surface area contributed by atoms with Crippen LogP contribution in [0.25, 0.3) is 10.9 Å². The van der Waals surface area contributed by atoms with Gasteiger partial charge in [-0.1, -0.05) is 12.1 Å². The van der Waals surface area contributed by atoms with Crippen molar-refractivity contribution in [3.63, 3.8) is 0 Å². The maximum atomic E-state index is 12.2. The van der Waals surface area contributed by atoms with Crippen LogP contribution >= 0.6 is 0 Å². The summed E-state index contributed by atoms with van der Waals surface area (Å²) in [4.78, 5) is 15.2. The van der Waals surface area contributed by atoms with Gasteiger partial charge in [-0.05, 0) is 30.3 Å². The van der Waals surface area contributed by atoms with E-state index in [0.29, 0.717) is 22.8 Å². The van der Waals surface area contributed by atoms with Gasteiger partial charge in [-0.2, -0.15) is 5.10 Å². The molecule has 0 aliphatic carbocycles. The molecule has 0 radical (unpaired) electrons. The van der Waals surface area contributed by atoms with Crippen molar-refractivity contribution >= 4 is 23.0 Å². The van der Waals surface area contributed by atoms with E-state index in [9.17, 15) is 9.90 Å². The summed E-state index contributed by atoms with van der Waals surface area (Å²) in [5, 5.41) is 14.7. The van der Waals surface area contributed by atoms with Crippen LogP contribution in [-0.4, -0.2) is 36.4 Å². The predicted molar refractivity (Wildman–Crippen MR) is 94.6 cm³/mol. The fourth-order valence-corrected chi connectivity index (χ4v) is 2.46. The number of phenolic OH excluding ortho intramolecular Hbond substituents is 1. The number of amides is 1. The lowest BCUT2D eigenvalue weighted by Crippen LogP contribution is -2.17. The number of aromatic nitrogens is 1. The first-order valence-electron chi connectivity index (χ1n) is 7.49. The number of phenols is 1. The van der Waals surface area contributed by atoms with Crippen molar-refractivity contribution in [1.82, 2.24) is 10.4 Å². The van der Waals surface area contributed by atoms with Crippen LogP contribution in [-0.2, 0) is 0 Å². The number of carbonyl (C=O) groups is 1. The van der Waals surface area contributed by atoms with Crippen molar-refractivity contribution in [2.75, 3.05) is 14.2 Å². The smallest absolute Gasteiger partial charge is 0.287 e. The maximum absolute atomic E-state index is 12.2. The van der Waals surface area contributed by atoms with Gasteiger partial charge in [0.05, 0.1) is 20.4 Å². The second-order valence-electron chi connectivity index (χ2n) is 5.20. The third-order valence-corrected chi connectivity index (χ3v) is 3.71. The van der Waals surface area contributed by atoms with Gasteiger partial charge in [-0.3, -0.25) is 4.79 Å². The Morgan fingerprint density at radius 1 is 1.16 bits per heavy atom. The Bertz CT molecular complexity index is 947. The third kappa shape index (κ3) is 3.25. The average Bonchev–Trinajstić information content (AvgIpc) is 3.07. The van der Waals surface area contributed by atoms with E-state index < -0.39 is 5.91 Å². The number of aromatic hydroxyl groups is 1. The molecule has 7 nitrogen and oxygen atoms in total. The minimum Gasteiger partial charge on any atom is -0.504 e. The summed E-state index contributed by atoms with van der Waals surface area (Å²) < 4.78 is 10.3. The first kappa shape index (κ1) is 16.4. The number of methoxy groups -OCH3 is 2. The fourth-order valence-electron chi connectivity index (χ4n) is 2.46. The quantitative estimate of drug-likeness (QED) is 0.492. The van der Waals surface area contributed by atoms with Crippen molar-refractivity contribution in [1.29, 1.82) is 0 Å². The zero-order chi connectivity index (χ0) is 17.8. The van der Waals surface area contributed by atoms with Gasteiger partial charge in [-0.25, -0.2) is 5.43 Å². The van der Waals surface area contributed by atoms with Crippen LogP contribution < -0.4 is 14.9 Å². The van der Waals surface area contributed by atoms with Crippen LogP contribution in [0.15, 0.2) is 47.6 Å². The second kappa shape index (κ2) is 6.96. The summed E-state index contributed by atoms with van der Waals surface area (Å²) >= 11 is 0. The molecule has 1 amide bonds. The number of nitrogens with zero attached hydrogens (tertiary/aromatic N) is 1. The number of para-hydroxylation sites is 1. The number of hydrazone groups is 1. The van der Waals surface area contributed by atoms with Crippen molar-refractivity contribution in [3.8, 4) is 17.2 Å². The lowest BCUT2D eigenvalue weighted by molar-refractivity contribution is 0.0951. The first-order chi connectivity index (χ1) is 12.1. The van der Waals surface area contributed by atoms with Gasteiger partial charge >= 0.3 is 0 Å². The lowest BCUT2D eigenvalue weighted by atomic mass is 10.2. The number of rotatable bonds is 5. The number of fused-ring (bicyclic) bond motifs is 1. The van der Waals surface area contributed by atoms with Gasteiger partial charge in [0, 0.05) is 16.5 Å². The Labute approximate surface area is 143 Å². The molecule has 1 heterocycles. The highest BCUT2D eigenvalue weighted by Gasteiger charge is 2.11. The largest absolute Gasteiger partial charge is 0.504 e. The Morgan fingerprint density at radius 2 is 1.88 bits per heavy atom. The van der Waals surface area contributed by atoms with Gasteiger partial charge < -0.3 is 19.6 Å². The Kier molecular flexibility index (Phi) is 4.56. The summed E-state index contributed by atoms with van der Waals surface area (Å²) in [6.45, 7) is 0. The third-order valence-electron chi connectivity index (χ3n) is 3.71. The second-order valence-corrected chi connectivity index (χ2v) is 5.20. The molecular formula is C18H17N3O4. The number of nitrogens with one attached hydrogen (secondary N) is 2. The Balaban J connectivity index is 1.77.